The van der Waals surface area contributed by atoms with Crippen LogP contribution in [0, 0.1) is 19.8 Å². The molecule has 2 aromatic heterocycles. The molecule has 4 rings (SSSR count). The zero-order valence-corrected chi connectivity index (χ0v) is 15.3. The molecule has 0 unspecified atom stereocenters. The summed E-state index contributed by atoms with van der Waals surface area (Å²) in [4.78, 5) is 19.7. The molecule has 1 aliphatic heterocycles. The molecule has 1 aliphatic rings. The molecule has 1 fully saturated rings. The first-order valence-electron chi connectivity index (χ1n) is 8.63. The Hall–Kier alpha value is -2.28. The number of para-hydroxylation sites is 1. The highest BCUT2D eigenvalue weighted by molar-refractivity contribution is 7.15. The zero-order valence-electron chi connectivity index (χ0n) is 14.5. The first-order chi connectivity index (χ1) is 12.1. The van der Waals surface area contributed by atoms with Gasteiger partial charge in [-0.05, 0) is 44.7 Å². The van der Waals surface area contributed by atoms with Crippen LogP contribution >= 0.6 is 11.3 Å². The summed E-state index contributed by atoms with van der Waals surface area (Å²) in [5.41, 5.74) is 0.855. The van der Waals surface area contributed by atoms with Gasteiger partial charge in [0.25, 0.3) is 5.56 Å². The quantitative estimate of drug-likeness (QED) is 0.723. The standard InChI is InChI=1S/C18H21N5OS/c1-12-19-16-6-4-3-5-15(16)17(24)23(12)11-14-7-9-22(10-8-14)18-21-20-13(2)25-18/h3-6,14H,7-11H2,1-2H3. The molecular formula is C18H21N5OS. The third kappa shape index (κ3) is 3.16. The highest BCUT2D eigenvalue weighted by Crippen LogP contribution is 2.26. The monoisotopic (exact) mass is 355 g/mol. The van der Waals surface area contributed by atoms with Gasteiger partial charge in [0, 0.05) is 19.6 Å². The number of benzene rings is 1. The predicted molar refractivity (Wildman–Crippen MR) is 100 cm³/mol. The van der Waals surface area contributed by atoms with Crippen molar-refractivity contribution in [3.8, 4) is 0 Å². The van der Waals surface area contributed by atoms with E-state index < -0.39 is 0 Å². The first-order valence-corrected chi connectivity index (χ1v) is 9.44. The maximum atomic E-state index is 12.8. The van der Waals surface area contributed by atoms with E-state index in [1.165, 1.54) is 0 Å². The smallest absolute Gasteiger partial charge is 0.261 e. The highest BCUT2D eigenvalue weighted by Gasteiger charge is 2.23. The molecule has 0 amide bonds. The van der Waals surface area contributed by atoms with E-state index >= 15 is 0 Å². The highest BCUT2D eigenvalue weighted by atomic mass is 32.1. The zero-order chi connectivity index (χ0) is 17.4. The fourth-order valence-electron chi connectivity index (χ4n) is 3.47. The van der Waals surface area contributed by atoms with Crippen molar-refractivity contribution in [1.29, 1.82) is 0 Å². The van der Waals surface area contributed by atoms with Crippen LogP contribution in [0.1, 0.15) is 23.7 Å². The molecule has 1 aromatic carbocycles. The first kappa shape index (κ1) is 16.2. The van der Waals surface area contributed by atoms with Crippen LogP contribution in [-0.4, -0.2) is 32.8 Å². The van der Waals surface area contributed by atoms with Crippen molar-refractivity contribution in [3.63, 3.8) is 0 Å². The lowest BCUT2D eigenvalue weighted by atomic mass is 9.97. The third-order valence-electron chi connectivity index (χ3n) is 4.89. The molecule has 0 atom stereocenters. The molecule has 25 heavy (non-hydrogen) atoms. The van der Waals surface area contributed by atoms with E-state index in [-0.39, 0.29) is 5.56 Å². The summed E-state index contributed by atoms with van der Waals surface area (Å²) in [6, 6.07) is 7.58. The Balaban J connectivity index is 1.50. The van der Waals surface area contributed by atoms with E-state index in [4.69, 9.17) is 0 Å². The molecule has 7 heteroatoms. The van der Waals surface area contributed by atoms with Crippen LogP contribution < -0.4 is 10.5 Å². The van der Waals surface area contributed by atoms with E-state index in [9.17, 15) is 4.79 Å². The van der Waals surface area contributed by atoms with Crippen molar-refractivity contribution in [2.75, 3.05) is 18.0 Å². The van der Waals surface area contributed by atoms with Crippen molar-refractivity contribution in [3.05, 3.63) is 45.5 Å². The molecule has 130 valence electrons. The second-order valence-electron chi connectivity index (χ2n) is 6.63. The Kier molecular flexibility index (Phi) is 4.25. The molecule has 0 bridgehead atoms. The molecule has 0 saturated carbocycles. The summed E-state index contributed by atoms with van der Waals surface area (Å²) in [5.74, 6) is 1.29. The van der Waals surface area contributed by atoms with E-state index in [2.05, 4.69) is 20.1 Å². The number of piperidine rings is 1. The van der Waals surface area contributed by atoms with Crippen LogP contribution in [0.25, 0.3) is 10.9 Å². The van der Waals surface area contributed by atoms with Gasteiger partial charge in [0.05, 0.1) is 10.9 Å². The average molecular weight is 355 g/mol. The Morgan fingerprint density at radius 2 is 1.92 bits per heavy atom. The van der Waals surface area contributed by atoms with Crippen molar-refractivity contribution in [2.24, 2.45) is 5.92 Å². The summed E-state index contributed by atoms with van der Waals surface area (Å²) in [6.45, 7) is 6.58. The average Bonchev–Trinajstić information content (AvgIpc) is 3.05. The van der Waals surface area contributed by atoms with Gasteiger partial charge in [-0.2, -0.15) is 0 Å². The number of anilines is 1. The lowest BCUT2D eigenvalue weighted by Gasteiger charge is -2.31. The van der Waals surface area contributed by atoms with Gasteiger partial charge in [-0.1, -0.05) is 23.5 Å². The van der Waals surface area contributed by atoms with Gasteiger partial charge in [0.2, 0.25) is 5.13 Å². The summed E-state index contributed by atoms with van der Waals surface area (Å²) in [5, 5.41) is 11.1. The molecule has 0 N–H and O–H groups in total. The molecular weight excluding hydrogens is 334 g/mol. The molecule has 0 spiro atoms. The number of fused-ring (bicyclic) bond motifs is 1. The molecule has 6 nitrogen and oxygen atoms in total. The SMILES string of the molecule is Cc1nnc(N2CCC(Cn3c(C)nc4ccccc4c3=O)CC2)s1. The van der Waals surface area contributed by atoms with Gasteiger partial charge in [0.1, 0.15) is 10.8 Å². The molecule has 0 aliphatic carbocycles. The maximum Gasteiger partial charge on any atom is 0.261 e. The number of aryl methyl sites for hydroxylation is 2. The molecule has 3 aromatic rings. The number of hydrogen-bond acceptors (Lipinski definition) is 6. The minimum absolute atomic E-state index is 0.0743. The second-order valence-corrected chi connectivity index (χ2v) is 7.79. The van der Waals surface area contributed by atoms with Crippen LogP contribution in [0.3, 0.4) is 0 Å². The van der Waals surface area contributed by atoms with Gasteiger partial charge >= 0.3 is 0 Å². The topological polar surface area (TPSA) is 63.9 Å². The Bertz CT molecular complexity index is 955. The maximum absolute atomic E-state index is 12.8. The lowest BCUT2D eigenvalue weighted by Crippen LogP contribution is -2.37. The summed E-state index contributed by atoms with van der Waals surface area (Å²) >= 11 is 1.64. The van der Waals surface area contributed by atoms with Gasteiger partial charge in [0.15, 0.2) is 0 Å². The van der Waals surface area contributed by atoms with Crippen molar-refractivity contribution in [2.45, 2.75) is 33.2 Å². The van der Waals surface area contributed by atoms with Gasteiger partial charge in [-0.3, -0.25) is 9.36 Å². The number of hydrogen-bond donors (Lipinski definition) is 0. The fourth-order valence-corrected chi connectivity index (χ4v) is 4.21. The summed E-state index contributed by atoms with van der Waals surface area (Å²) < 4.78 is 1.84. The van der Waals surface area contributed by atoms with Crippen LogP contribution in [0.15, 0.2) is 29.1 Å². The fraction of sp³-hybridized carbons (Fsp3) is 0.444. The van der Waals surface area contributed by atoms with Gasteiger partial charge in [-0.15, -0.1) is 10.2 Å². The predicted octanol–water partition coefficient (Wildman–Crippen LogP) is 2.78. The molecule has 3 heterocycles. The van der Waals surface area contributed by atoms with Crippen LogP contribution in [0.2, 0.25) is 0 Å². The van der Waals surface area contributed by atoms with E-state index in [1.54, 1.807) is 11.3 Å². The number of aromatic nitrogens is 4. The summed E-state index contributed by atoms with van der Waals surface area (Å²) in [7, 11) is 0. The van der Waals surface area contributed by atoms with Crippen molar-refractivity contribution in [1.82, 2.24) is 19.7 Å². The van der Waals surface area contributed by atoms with Crippen LogP contribution in [-0.2, 0) is 6.54 Å². The van der Waals surface area contributed by atoms with Gasteiger partial charge in [-0.25, -0.2) is 4.98 Å². The Morgan fingerprint density at radius 3 is 2.64 bits per heavy atom. The second kappa shape index (κ2) is 6.55. The third-order valence-corrected chi connectivity index (χ3v) is 5.79. The minimum Gasteiger partial charge on any atom is -0.347 e. The largest absolute Gasteiger partial charge is 0.347 e. The van der Waals surface area contributed by atoms with Crippen LogP contribution in [0.5, 0.6) is 0 Å². The lowest BCUT2D eigenvalue weighted by molar-refractivity contribution is 0.348. The number of rotatable bonds is 3. The molecule has 1 saturated heterocycles. The normalized spacial score (nSPS) is 15.8. The van der Waals surface area contributed by atoms with E-state index in [1.807, 2.05) is 42.7 Å². The Labute approximate surface area is 150 Å². The van der Waals surface area contributed by atoms with E-state index in [0.29, 0.717) is 11.3 Å². The molecule has 0 radical (unpaired) electrons. The number of nitrogens with zero attached hydrogens (tertiary/aromatic N) is 5. The van der Waals surface area contributed by atoms with Crippen LogP contribution in [0.4, 0.5) is 5.13 Å². The van der Waals surface area contributed by atoms with E-state index in [0.717, 1.165) is 54.0 Å². The Morgan fingerprint density at radius 1 is 1.16 bits per heavy atom. The van der Waals surface area contributed by atoms with Crippen molar-refractivity contribution < 1.29 is 0 Å². The minimum atomic E-state index is 0.0743. The van der Waals surface area contributed by atoms with Gasteiger partial charge < -0.3 is 4.90 Å². The summed E-state index contributed by atoms with van der Waals surface area (Å²) in [6.07, 6.45) is 2.11. The van der Waals surface area contributed by atoms with Crippen molar-refractivity contribution >= 4 is 27.4 Å².